The van der Waals surface area contributed by atoms with E-state index in [1.807, 2.05) is 25.1 Å². The van der Waals surface area contributed by atoms with Crippen molar-refractivity contribution in [1.82, 2.24) is 14.8 Å². The highest BCUT2D eigenvalue weighted by Gasteiger charge is 2.25. The maximum absolute atomic E-state index is 12.4. The number of benzene rings is 1. The molecule has 2 aromatic rings. The summed E-state index contributed by atoms with van der Waals surface area (Å²) in [4.78, 5) is 31.8. The van der Waals surface area contributed by atoms with Crippen LogP contribution in [-0.2, 0) is 4.79 Å². The average molecular weight is 289 g/mol. The van der Waals surface area contributed by atoms with Crippen LogP contribution in [0.3, 0.4) is 0 Å². The lowest BCUT2D eigenvalue weighted by Crippen LogP contribution is -2.50. The molecule has 0 saturated carbocycles. The minimum Gasteiger partial charge on any atom is -0.342 e. The van der Waals surface area contributed by atoms with Crippen LogP contribution in [0.15, 0.2) is 18.2 Å². The molecule has 0 bridgehead atoms. The van der Waals surface area contributed by atoms with E-state index in [0.717, 1.165) is 15.2 Å². The number of aromatic nitrogens is 1. The molecule has 0 spiro atoms. The van der Waals surface area contributed by atoms with Crippen LogP contribution >= 0.6 is 11.3 Å². The van der Waals surface area contributed by atoms with Crippen molar-refractivity contribution in [3.05, 3.63) is 28.8 Å². The van der Waals surface area contributed by atoms with Crippen molar-refractivity contribution in [2.45, 2.75) is 6.92 Å². The van der Waals surface area contributed by atoms with Gasteiger partial charge in [-0.15, -0.1) is 11.3 Å². The van der Waals surface area contributed by atoms with Crippen molar-refractivity contribution in [2.24, 2.45) is 0 Å². The predicted molar refractivity (Wildman–Crippen MR) is 77.9 cm³/mol. The monoisotopic (exact) mass is 289 g/mol. The summed E-state index contributed by atoms with van der Waals surface area (Å²) in [5, 5.41) is 0.986. The topological polar surface area (TPSA) is 53.5 Å². The van der Waals surface area contributed by atoms with Crippen molar-refractivity contribution in [2.75, 3.05) is 26.7 Å². The minimum atomic E-state index is -0.0981. The van der Waals surface area contributed by atoms with Gasteiger partial charge in [0.25, 0.3) is 5.91 Å². The van der Waals surface area contributed by atoms with Crippen molar-refractivity contribution >= 4 is 33.4 Å². The molecule has 0 unspecified atom stereocenters. The number of aryl methyl sites for hydroxylation is 1. The van der Waals surface area contributed by atoms with Gasteiger partial charge in [-0.25, -0.2) is 4.98 Å². The van der Waals surface area contributed by atoms with Gasteiger partial charge in [-0.2, -0.15) is 0 Å². The van der Waals surface area contributed by atoms with E-state index in [1.165, 1.54) is 0 Å². The van der Waals surface area contributed by atoms with Crippen LogP contribution in [0.1, 0.15) is 15.4 Å². The second kappa shape index (κ2) is 4.86. The second-order valence-electron chi connectivity index (χ2n) is 4.96. The Bertz CT molecular complexity index is 695. The van der Waals surface area contributed by atoms with Crippen LogP contribution in [0.2, 0.25) is 0 Å². The lowest BCUT2D eigenvalue weighted by molar-refractivity contribution is -0.133. The summed E-state index contributed by atoms with van der Waals surface area (Å²) in [6.45, 7) is 3.27. The Kier molecular flexibility index (Phi) is 3.17. The van der Waals surface area contributed by atoms with Crippen molar-refractivity contribution in [3.8, 4) is 0 Å². The van der Waals surface area contributed by atoms with E-state index < -0.39 is 0 Å². The SMILES string of the molecule is Cc1nc2cc(C(=O)N3CCN(C)C(=O)C3)ccc2s1. The van der Waals surface area contributed by atoms with Crippen LogP contribution in [0.5, 0.6) is 0 Å². The molecule has 20 heavy (non-hydrogen) atoms. The van der Waals surface area contributed by atoms with Gasteiger partial charge in [-0.3, -0.25) is 9.59 Å². The number of amides is 2. The molecule has 2 amide bonds. The summed E-state index contributed by atoms with van der Waals surface area (Å²) in [5.41, 5.74) is 1.44. The van der Waals surface area contributed by atoms with E-state index in [9.17, 15) is 9.59 Å². The summed E-state index contributed by atoms with van der Waals surface area (Å²) in [6, 6.07) is 5.54. The first-order valence-electron chi connectivity index (χ1n) is 6.45. The van der Waals surface area contributed by atoms with Gasteiger partial charge in [0.1, 0.15) is 6.54 Å². The van der Waals surface area contributed by atoms with Gasteiger partial charge in [0.15, 0.2) is 0 Å². The third-order valence-electron chi connectivity index (χ3n) is 3.49. The zero-order chi connectivity index (χ0) is 14.3. The first-order valence-corrected chi connectivity index (χ1v) is 7.26. The molecule has 0 atom stereocenters. The van der Waals surface area contributed by atoms with Gasteiger partial charge in [0.2, 0.25) is 5.91 Å². The van der Waals surface area contributed by atoms with Crippen molar-refractivity contribution in [3.63, 3.8) is 0 Å². The van der Waals surface area contributed by atoms with Gasteiger partial charge in [0, 0.05) is 25.7 Å². The fourth-order valence-electron chi connectivity index (χ4n) is 2.29. The smallest absolute Gasteiger partial charge is 0.254 e. The Morgan fingerprint density at radius 3 is 2.90 bits per heavy atom. The number of hydrogen-bond acceptors (Lipinski definition) is 4. The summed E-state index contributed by atoms with van der Waals surface area (Å²) in [5.74, 6) is -0.116. The average Bonchev–Trinajstić information content (AvgIpc) is 2.80. The van der Waals surface area contributed by atoms with E-state index in [-0.39, 0.29) is 18.4 Å². The highest BCUT2D eigenvalue weighted by molar-refractivity contribution is 7.18. The molecule has 1 fully saturated rings. The highest BCUT2D eigenvalue weighted by atomic mass is 32.1. The molecule has 1 saturated heterocycles. The van der Waals surface area contributed by atoms with Gasteiger partial charge < -0.3 is 9.80 Å². The predicted octanol–water partition coefficient (Wildman–Crippen LogP) is 1.52. The first kappa shape index (κ1) is 13.1. The summed E-state index contributed by atoms with van der Waals surface area (Å²) < 4.78 is 1.08. The summed E-state index contributed by atoms with van der Waals surface area (Å²) >= 11 is 1.61. The van der Waals surface area contributed by atoms with Gasteiger partial charge >= 0.3 is 0 Å². The number of carbonyl (C=O) groups is 2. The molecule has 0 N–H and O–H groups in total. The summed E-state index contributed by atoms with van der Waals surface area (Å²) in [7, 11) is 1.76. The Labute approximate surface area is 120 Å². The van der Waals surface area contributed by atoms with Crippen LogP contribution < -0.4 is 0 Å². The molecule has 6 heteroatoms. The fraction of sp³-hybridized carbons (Fsp3) is 0.357. The molecule has 1 aromatic carbocycles. The van der Waals surface area contributed by atoms with E-state index in [2.05, 4.69) is 4.98 Å². The normalized spacial score (nSPS) is 16.0. The van der Waals surface area contributed by atoms with Gasteiger partial charge in [-0.1, -0.05) is 0 Å². The van der Waals surface area contributed by atoms with Crippen LogP contribution in [-0.4, -0.2) is 53.3 Å². The molecule has 1 aromatic heterocycles. The number of fused-ring (bicyclic) bond motifs is 1. The number of likely N-dealkylation sites (N-methyl/N-ethyl adjacent to an activating group) is 1. The largest absolute Gasteiger partial charge is 0.342 e. The number of rotatable bonds is 1. The van der Waals surface area contributed by atoms with Gasteiger partial charge in [-0.05, 0) is 25.1 Å². The molecule has 104 valence electrons. The highest BCUT2D eigenvalue weighted by Crippen LogP contribution is 2.23. The van der Waals surface area contributed by atoms with Crippen molar-refractivity contribution < 1.29 is 9.59 Å². The standard InChI is InChI=1S/C14H15N3O2S/c1-9-15-11-7-10(3-4-12(11)20-9)14(19)17-6-5-16(2)13(18)8-17/h3-4,7H,5-6,8H2,1-2H3. The van der Waals surface area contributed by atoms with E-state index in [0.29, 0.717) is 18.7 Å². The molecular formula is C14H15N3O2S. The van der Waals surface area contributed by atoms with E-state index in [4.69, 9.17) is 0 Å². The second-order valence-corrected chi connectivity index (χ2v) is 6.19. The molecular weight excluding hydrogens is 274 g/mol. The lowest BCUT2D eigenvalue weighted by Gasteiger charge is -2.32. The molecule has 2 heterocycles. The van der Waals surface area contributed by atoms with Gasteiger partial charge in [0.05, 0.1) is 15.2 Å². The molecule has 0 radical (unpaired) electrons. The van der Waals surface area contributed by atoms with E-state index >= 15 is 0 Å². The number of nitrogens with zero attached hydrogens (tertiary/aromatic N) is 3. The number of hydrogen-bond donors (Lipinski definition) is 0. The Morgan fingerprint density at radius 1 is 1.35 bits per heavy atom. The maximum atomic E-state index is 12.4. The first-order chi connectivity index (χ1) is 9.54. The zero-order valence-corrected chi connectivity index (χ0v) is 12.2. The third-order valence-corrected chi connectivity index (χ3v) is 4.44. The van der Waals surface area contributed by atoms with E-state index in [1.54, 1.807) is 28.2 Å². The van der Waals surface area contributed by atoms with Crippen LogP contribution in [0.4, 0.5) is 0 Å². The molecule has 5 nitrogen and oxygen atoms in total. The Balaban J connectivity index is 1.86. The summed E-state index contributed by atoms with van der Waals surface area (Å²) in [6.07, 6.45) is 0. The zero-order valence-electron chi connectivity index (χ0n) is 11.4. The van der Waals surface area contributed by atoms with Crippen molar-refractivity contribution in [1.29, 1.82) is 0 Å². The Hall–Kier alpha value is -1.95. The minimum absolute atomic E-state index is 0.0184. The van der Waals surface area contributed by atoms with Crippen LogP contribution in [0.25, 0.3) is 10.2 Å². The quantitative estimate of drug-likeness (QED) is 0.800. The number of carbonyl (C=O) groups excluding carboxylic acids is 2. The lowest BCUT2D eigenvalue weighted by atomic mass is 10.1. The molecule has 0 aliphatic carbocycles. The maximum Gasteiger partial charge on any atom is 0.254 e. The number of piperazine rings is 1. The number of thiazole rings is 1. The molecule has 3 rings (SSSR count). The third kappa shape index (κ3) is 2.27. The molecule has 1 aliphatic heterocycles. The molecule has 1 aliphatic rings. The Morgan fingerprint density at radius 2 is 2.15 bits per heavy atom. The van der Waals surface area contributed by atoms with Crippen LogP contribution in [0, 0.1) is 6.92 Å². The fourth-order valence-corrected chi connectivity index (χ4v) is 3.10.